The second-order valence-electron chi connectivity index (χ2n) is 10.9. The summed E-state index contributed by atoms with van der Waals surface area (Å²) >= 11 is 6.26. The number of hydrogen-bond donors (Lipinski definition) is 2. The average Bonchev–Trinajstić information content (AvgIpc) is 2.82. The highest BCUT2D eigenvalue weighted by molar-refractivity contribution is 7.89. The Morgan fingerprint density at radius 1 is 1.05 bits per heavy atom. The molecule has 1 fully saturated rings. The van der Waals surface area contributed by atoms with Crippen molar-refractivity contribution < 1.29 is 12.8 Å². The van der Waals surface area contributed by atoms with Crippen molar-refractivity contribution in [3.63, 3.8) is 0 Å². The summed E-state index contributed by atoms with van der Waals surface area (Å²) in [6, 6.07) is 12.1. The molecule has 0 aliphatic carbocycles. The minimum absolute atomic E-state index is 0.0487. The molecule has 0 unspecified atom stereocenters. The lowest BCUT2D eigenvalue weighted by Gasteiger charge is -2.34. The van der Waals surface area contributed by atoms with Crippen molar-refractivity contribution in [3.05, 3.63) is 76.2 Å². The molecule has 1 aliphatic heterocycles. The maximum Gasteiger partial charge on any atom is 0.242 e. The number of aryl methyl sites for hydroxylation is 1. The van der Waals surface area contributed by atoms with Gasteiger partial charge in [0.05, 0.1) is 10.7 Å². The first kappa shape index (κ1) is 28.3. The maximum absolute atomic E-state index is 15.0. The number of hydrogen-bond acceptors (Lipinski definition) is 6. The predicted octanol–water partition coefficient (Wildman–Crippen LogP) is 5.35. The van der Waals surface area contributed by atoms with E-state index < -0.39 is 15.6 Å². The van der Waals surface area contributed by atoms with Gasteiger partial charge in [-0.25, -0.2) is 22.5 Å². The second kappa shape index (κ2) is 11.2. The van der Waals surface area contributed by atoms with Crippen molar-refractivity contribution in [2.75, 3.05) is 43.4 Å². The Balaban J connectivity index is 1.52. The number of piperazine rings is 1. The van der Waals surface area contributed by atoms with Crippen molar-refractivity contribution in [2.24, 2.45) is 0 Å². The molecule has 0 radical (unpaired) electrons. The number of halogens is 2. The zero-order valence-electron chi connectivity index (χ0n) is 22.5. The van der Waals surface area contributed by atoms with Crippen LogP contribution in [0.25, 0.3) is 0 Å². The first-order valence-electron chi connectivity index (χ1n) is 12.6. The van der Waals surface area contributed by atoms with Gasteiger partial charge in [-0.2, -0.15) is 0 Å². The Kier molecular flexibility index (Phi) is 8.32. The highest BCUT2D eigenvalue weighted by Crippen LogP contribution is 2.28. The molecular formula is C28H35ClFN5O2S. The van der Waals surface area contributed by atoms with Crippen molar-refractivity contribution in [1.82, 2.24) is 14.6 Å². The van der Waals surface area contributed by atoms with Gasteiger partial charge in [0.1, 0.15) is 16.5 Å². The van der Waals surface area contributed by atoms with Crippen LogP contribution in [0.5, 0.6) is 0 Å². The Morgan fingerprint density at radius 2 is 1.76 bits per heavy atom. The van der Waals surface area contributed by atoms with Gasteiger partial charge in [0.2, 0.25) is 10.0 Å². The van der Waals surface area contributed by atoms with E-state index in [-0.39, 0.29) is 15.7 Å². The molecule has 0 amide bonds. The average molecular weight is 560 g/mol. The fourth-order valence-corrected chi connectivity index (χ4v) is 6.37. The van der Waals surface area contributed by atoms with E-state index in [0.29, 0.717) is 23.6 Å². The van der Waals surface area contributed by atoms with Crippen LogP contribution in [0.2, 0.25) is 5.02 Å². The SMILES string of the molecule is Cc1cnc(Nc2ccc(N3CCN(C)CC3)c(F)c2)cc1Cc1ccc(Cl)c(S(=O)(=O)NC(C)(C)C)c1. The summed E-state index contributed by atoms with van der Waals surface area (Å²) in [7, 11) is -1.72. The van der Waals surface area contributed by atoms with Gasteiger partial charge in [-0.05, 0) is 94.3 Å². The van der Waals surface area contributed by atoms with Crippen LogP contribution in [0.3, 0.4) is 0 Å². The number of benzene rings is 2. The summed E-state index contributed by atoms with van der Waals surface area (Å²) < 4.78 is 43.4. The molecule has 2 N–H and O–H groups in total. The predicted molar refractivity (Wildman–Crippen MR) is 153 cm³/mol. The largest absolute Gasteiger partial charge is 0.367 e. The molecule has 1 aliphatic rings. The van der Waals surface area contributed by atoms with Gasteiger partial charge in [0.25, 0.3) is 0 Å². The van der Waals surface area contributed by atoms with E-state index in [9.17, 15) is 12.8 Å². The molecule has 38 heavy (non-hydrogen) atoms. The van der Waals surface area contributed by atoms with E-state index in [4.69, 9.17) is 11.6 Å². The van der Waals surface area contributed by atoms with Crippen LogP contribution in [0, 0.1) is 12.7 Å². The lowest BCUT2D eigenvalue weighted by molar-refractivity contribution is 0.311. The van der Waals surface area contributed by atoms with E-state index >= 15 is 0 Å². The van der Waals surface area contributed by atoms with Gasteiger partial charge in [0.15, 0.2) is 0 Å². The van der Waals surface area contributed by atoms with Gasteiger partial charge in [-0.3, -0.25) is 0 Å². The Bertz CT molecular complexity index is 1420. The van der Waals surface area contributed by atoms with Crippen LogP contribution in [-0.4, -0.2) is 57.1 Å². The number of rotatable bonds is 7. The summed E-state index contributed by atoms with van der Waals surface area (Å²) in [5, 5.41) is 3.37. The van der Waals surface area contributed by atoms with Gasteiger partial charge in [-0.1, -0.05) is 17.7 Å². The first-order valence-corrected chi connectivity index (χ1v) is 14.4. The number of sulfonamides is 1. The molecular weight excluding hydrogens is 525 g/mol. The van der Waals surface area contributed by atoms with Crippen LogP contribution in [-0.2, 0) is 16.4 Å². The van der Waals surface area contributed by atoms with Gasteiger partial charge in [0, 0.05) is 43.6 Å². The standard InChI is InChI=1S/C28H35ClFN5O2S/c1-19-18-31-27(32-22-7-9-25(24(30)17-22)35-12-10-34(5)11-13-35)16-21(19)14-20-6-8-23(29)26(15-20)38(36,37)33-28(2,3)4/h6-9,15-18,33H,10-14H2,1-5H3,(H,31,32). The lowest BCUT2D eigenvalue weighted by Crippen LogP contribution is -2.44. The topological polar surface area (TPSA) is 77.6 Å². The van der Waals surface area contributed by atoms with E-state index in [1.807, 2.05) is 25.1 Å². The third-order valence-corrected chi connectivity index (χ3v) is 8.64. The number of likely N-dealkylation sites (N-methyl/N-ethyl adjacent to an activating group) is 1. The minimum Gasteiger partial charge on any atom is -0.367 e. The van der Waals surface area contributed by atoms with Crippen LogP contribution in [0.1, 0.15) is 37.5 Å². The Morgan fingerprint density at radius 3 is 2.42 bits per heavy atom. The van der Waals surface area contributed by atoms with Crippen LogP contribution >= 0.6 is 11.6 Å². The summed E-state index contributed by atoms with van der Waals surface area (Å²) in [4.78, 5) is 8.81. The quantitative estimate of drug-likeness (QED) is 0.406. The van der Waals surface area contributed by atoms with Crippen LogP contribution in [0.4, 0.5) is 21.6 Å². The summed E-state index contributed by atoms with van der Waals surface area (Å²) in [6.07, 6.45) is 2.23. The molecule has 10 heteroatoms. The summed E-state index contributed by atoms with van der Waals surface area (Å²) in [5.41, 5.74) is 3.30. The van der Waals surface area contributed by atoms with E-state index in [0.717, 1.165) is 42.9 Å². The third-order valence-electron chi connectivity index (χ3n) is 6.40. The van der Waals surface area contributed by atoms with E-state index in [1.54, 1.807) is 45.2 Å². The Hall–Kier alpha value is -2.72. The Labute approximate surface area is 230 Å². The second-order valence-corrected chi connectivity index (χ2v) is 12.9. The van der Waals surface area contributed by atoms with Crippen molar-refractivity contribution in [1.29, 1.82) is 0 Å². The molecule has 0 spiro atoms. The van der Waals surface area contributed by atoms with Crippen molar-refractivity contribution >= 4 is 38.8 Å². The van der Waals surface area contributed by atoms with E-state index in [2.05, 4.69) is 31.9 Å². The van der Waals surface area contributed by atoms with Crippen LogP contribution < -0.4 is 14.9 Å². The monoisotopic (exact) mass is 559 g/mol. The molecule has 4 rings (SSSR count). The fourth-order valence-electron chi connectivity index (χ4n) is 4.40. The molecule has 2 aromatic carbocycles. The molecule has 1 aromatic heterocycles. The molecule has 0 bridgehead atoms. The highest BCUT2D eigenvalue weighted by Gasteiger charge is 2.25. The molecule has 1 saturated heterocycles. The molecule has 0 saturated carbocycles. The first-order chi connectivity index (χ1) is 17.8. The number of anilines is 3. The zero-order chi connectivity index (χ0) is 27.7. The molecule has 204 valence electrons. The number of nitrogens with zero attached hydrogens (tertiary/aromatic N) is 3. The van der Waals surface area contributed by atoms with Crippen LogP contribution in [0.15, 0.2) is 53.6 Å². The third kappa shape index (κ3) is 7.02. The highest BCUT2D eigenvalue weighted by atomic mass is 35.5. The minimum atomic E-state index is -3.79. The number of pyridine rings is 1. The van der Waals surface area contributed by atoms with E-state index in [1.165, 1.54) is 6.07 Å². The van der Waals surface area contributed by atoms with Gasteiger partial charge >= 0.3 is 0 Å². The smallest absolute Gasteiger partial charge is 0.242 e. The van der Waals surface area contributed by atoms with Crippen molar-refractivity contribution in [3.8, 4) is 0 Å². The van der Waals surface area contributed by atoms with Crippen molar-refractivity contribution in [2.45, 2.75) is 44.6 Å². The number of aromatic nitrogens is 1. The number of nitrogens with one attached hydrogen (secondary N) is 2. The normalized spacial score (nSPS) is 15.1. The van der Waals surface area contributed by atoms with Gasteiger partial charge in [-0.15, -0.1) is 0 Å². The fraction of sp³-hybridized carbons (Fsp3) is 0.393. The molecule has 2 heterocycles. The lowest BCUT2D eigenvalue weighted by atomic mass is 10.0. The zero-order valence-corrected chi connectivity index (χ0v) is 24.0. The summed E-state index contributed by atoms with van der Waals surface area (Å²) in [5.74, 6) is 0.305. The van der Waals surface area contributed by atoms with Gasteiger partial charge < -0.3 is 15.1 Å². The molecule has 7 nitrogen and oxygen atoms in total. The summed E-state index contributed by atoms with van der Waals surface area (Å²) in [6.45, 7) is 10.7. The maximum atomic E-state index is 15.0. The molecule has 3 aromatic rings. The molecule has 0 atom stereocenters.